The maximum Gasteiger partial charge on any atom is 0.294 e. The number of halogens is 2. The standard InChI is InChI=1S/C23H22F2N6O3S/c1-13-26-20(34-29-13)19-28-21-18(22(33)31(19)12-17(24)25)27-23(35-21)30-11-5-8-15(30)16(32)10-9-14-6-3-2-4-7-14/h2-4,6-7,15,17H,5,8-12H2,1H3/t15-/m1/s1. The third-order valence-electron chi connectivity index (χ3n) is 5.92. The highest BCUT2D eigenvalue weighted by atomic mass is 32.1. The van der Waals surface area contributed by atoms with Crippen molar-refractivity contribution < 1.29 is 18.1 Å². The van der Waals surface area contributed by atoms with Gasteiger partial charge in [-0.1, -0.05) is 46.8 Å². The largest absolute Gasteiger partial charge is 0.338 e. The van der Waals surface area contributed by atoms with Gasteiger partial charge in [-0.2, -0.15) is 4.98 Å². The van der Waals surface area contributed by atoms with Gasteiger partial charge in [-0.3, -0.25) is 14.2 Å². The fourth-order valence-electron chi connectivity index (χ4n) is 4.29. The molecular weight excluding hydrogens is 478 g/mol. The summed E-state index contributed by atoms with van der Waals surface area (Å²) in [7, 11) is 0. The quantitative estimate of drug-likeness (QED) is 0.361. The first kappa shape index (κ1) is 23.2. The zero-order chi connectivity index (χ0) is 24.5. The molecule has 12 heteroatoms. The Balaban J connectivity index is 1.47. The average Bonchev–Trinajstić information content (AvgIpc) is 3.59. The van der Waals surface area contributed by atoms with Crippen molar-refractivity contribution in [2.45, 2.75) is 51.6 Å². The number of fused-ring (bicyclic) bond motifs is 1. The number of rotatable bonds is 8. The van der Waals surface area contributed by atoms with Gasteiger partial charge in [0.05, 0.1) is 12.6 Å². The highest BCUT2D eigenvalue weighted by Crippen LogP contribution is 2.33. The highest BCUT2D eigenvalue weighted by Gasteiger charge is 2.33. The molecule has 4 aromatic rings. The van der Waals surface area contributed by atoms with Crippen LogP contribution in [0.3, 0.4) is 0 Å². The van der Waals surface area contributed by atoms with E-state index in [2.05, 4.69) is 20.1 Å². The van der Waals surface area contributed by atoms with E-state index in [1.54, 1.807) is 6.92 Å². The van der Waals surface area contributed by atoms with E-state index in [9.17, 15) is 18.4 Å². The van der Waals surface area contributed by atoms with Crippen molar-refractivity contribution in [3.8, 4) is 11.7 Å². The molecule has 0 aliphatic carbocycles. The van der Waals surface area contributed by atoms with E-state index in [0.29, 0.717) is 30.9 Å². The molecule has 0 radical (unpaired) electrons. The number of hydrogen-bond acceptors (Lipinski definition) is 9. The number of benzene rings is 1. The van der Waals surface area contributed by atoms with Crippen LogP contribution in [0.4, 0.5) is 13.9 Å². The Morgan fingerprint density at radius 1 is 1.23 bits per heavy atom. The lowest BCUT2D eigenvalue weighted by Gasteiger charge is -2.22. The van der Waals surface area contributed by atoms with Gasteiger partial charge in [0.1, 0.15) is 0 Å². The molecule has 3 aromatic heterocycles. The molecule has 0 amide bonds. The minimum absolute atomic E-state index is 0.0204. The molecule has 0 saturated carbocycles. The second-order valence-corrected chi connectivity index (χ2v) is 9.30. The average molecular weight is 501 g/mol. The number of nitrogens with zero attached hydrogens (tertiary/aromatic N) is 6. The van der Waals surface area contributed by atoms with E-state index in [0.717, 1.165) is 27.9 Å². The number of Topliss-reactive ketones (excluding diaryl/α,β-unsaturated/α-hetero) is 1. The monoisotopic (exact) mass is 500 g/mol. The van der Waals surface area contributed by atoms with E-state index in [-0.39, 0.29) is 39.7 Å². The van der Waals surface area contributed by atoms with Gasteiger partial charge in [-0.15, -0.1) is 0 Å². The maximum atomic E-state index is 13.3. The summed E-state index contributed by atoms with van der Waals surface area (Å²) in [5, 5.41) is 4.15. The summed E-state index contributed by atoms with van der Waals surface area (Å²) in [5.74, 6) is 0.148. The minimum atomic E-state index is -2.79. The fraction of sp³-hybridized carbons (Fsp3) is 0.391. The molecule has 1 fully saturated rings. The van der Waals surface area contributed by atoms with Crippen LogP contribution in [0.5, 0.6) is 0 Å². The number of carbonyl (C=O) groups is 1. The third-order valence-corrected chi connectivity index (χ3v) is 6.91. The molecule has 35 heavy (non-hydrogen) atoms. The van der Waals surface area contributed by atoms with Crippen LogP contribution in [0.1, 0.15) is 30.7 Å². The van der Waals surface area contributed by atoms with E-state index >= 15 is 0 Å². The zero-order valence-electron chi connectivity index (χ0n) is 18.9. The number of thiazole rings is 1. The van der Waals surface area contributed by atoms with Crippen LogP contribution >= 0.6 is 11.3 Å². The van der Waals surface area contributed by atoms with Crippen LogP contribution in [0.2, 0.25) is 0 Å². The van der Waals surface area contributed by atoms with Crippen LogP contribution in [-0.4, -0.2) is 49.5 Å². The van der Waals surface area contributed by atoms with Gasteiger partial charge in [0.2, 0.25) is 5.82 Å². The number of alkyl halides is 2. The number of aryl methyl sites for hydroxylation is 2. The predicted molar refractivity (Wildman–Crippen MR) is 126 cm³/mol. The number of aromatic nitrogens is 5. The van der Waals surface area contributed by atoms with Crippen LogP contribution in [0.25, 0.3) is 22.1 Å². The Hall–Kier alpha value is -3.54. The molecule has 182 valence electrons. The molecule has 9 nitrogen and oxygen atoms in total. The summed E-state index contributed by atoms with van der Waals surface area (Å²) < 4.78 is 32.5. The minimum Gasteiger partial charge on any atom is -0.338 e. The molecule has 1 aliphatic heterocycles. The summed E-state index contributed by atoms with van der Waals surface area (Å²) in [6.07, 6.45) is -0.239. The topological polar surface area (TPSA) is 107 Å². The second kappa shape index (κ2) is 9.61. The van der Waals surface area contributed by atoms with Gasteiger partial charge in [0, 0.05) is 13.0 Å². The van der Waals surface area contributed by atoms with Gasteiger partial charge in [0.25, 0.3) is 17.9 Å². The second-order valence-electron chi connectivity index (χ2n) is 8.34. The summed E-state index contributed by atoms with van der Waals surface area (Å²) in [6.45, 7) is 1.31. The van der Waals surface area contributed by atoms with Crippen molar-refractivity contribution in [1.82, 2.24) is 24.7 Å². The Morgan fingerprint density at radius 3 is 2.74 bits per heavy atom. The van der Waals surface area contributed by atoms with Gasteiger partial charge in [-0.25, -0.2) is 18.7 Å². The molecule has 0 unspecified atom stereocenters. The first-order valence-electron chi connectivity index (χ1n) is 11.2. The third kappa shape index (κ3) is 4.70. The van der Waals surface area contributed by atoms with Crippen LogP contribution in [0.15, 0.2) is 39.6 Å². The first-order valence-corrected chi connectivity index (χ1v) is 12.1. The molecule has 1 aliphatic rings. The van der Waals surface area contributed by atoms with Crippen molar-refractivity contribution in [1.29, 1.82) is 0 Å². The Bertz CT molecular complexity index is 1420. The SMILES string of the molecule is Cc1noc(-c2nc3sc(N4CCC[C@@H]4C(=O)CCc4ccccc4)nc3c(=O)n2CC(F)F)n1. The molecular formula is C23H22F2N6O3S. The van der Waals surface area contributed by atoms with E-state index in [4.69, 9.17) is 4.52 Å². The predicted octanol–water partition coefficient (Wildman–Crippen LogP) is 3.65. The maximum absolute atomic E-state index is 13.3. The molecule has 4 heterocycles. The van der Waals surface area contributed by atoms with Crippen molar-refractivity contribution in [3.63, 3.8) is 0 Å². The molecule has 0 N–H and O–H groups in total. The van der Waals surface area contributed by atoms with Crippen molar-refractivity contribution in [2.75, 3.05) is 11.4 Å². The molecule has 5 rings (SSSR count). The molecule has 1 saturated heterocycles. The van der Waals surface area contributed by atoms with Gasteiger partial charge < -0.3 is 9.42 Å². The normalized spacial score (nSPS) is 16.0. The van der Waals surface area contributed by atoms with E-state index in [1.165, 1.54) is 0 Å². The Labute approximate surface area is 202 Å². The van der Waals surface area contributed by atoms with Crippen molar-refractivity contribution >= 4 is 32.6 Å². The lowest BCUT2D eigenvalue weighted by atomic mass is 10.0. The summed E-state index contributed by atoms with van der Waals surface area (Å²) >= 11 is 1.15. The molecule has 0 spiro atoms. The number of anilines is 1. The molecule has 0 bridgehead atoms. The summed E-state index contributed by atoms with van der Waals surface area (Å²) in [6, 6.07) is 9.46. The van der Waals surface area contributed by atoms with Crippen LogP contribution in [0, 0.1) is 6.92 Å². The lowest BCUT2D eigenvalue weighted by molar-refractivity contribution is -0.120. The number of carbonyl (C=O) groups excluding carboxylic acids is 1. The van der Waals surface area contributed by atoms with Crippen molar-refractivity contribution in [2.24, 2.45) is 0 Å². The van der Waals surface area contributed by atoms with E-state index in [1.807, 2.05) is 35.2 Å². The van der Waals surface area contributed by atoms with Crippen LogP contribution in [-0.2, 0) is 17.8 Å². The molecule has 1 atom stereocenters. The van der Waals surface area contributed by atoms with Crippen LogP contribution < -0.4 is 10.5 Å². The van der Waals surface area contributed by atoms with Crippen molar-refractivity contribution in [3.05, 3.63) is 52.1 Å². The first-order chi connectivity index (χ1) is 16.9. The van der Waals surface area contributed by atoms with Gasteiger partial charge in [0.15, 0.2) is 27.1 Å². The smallest absolute Gasteiger partial charge is 0.294 e. The Kier molecular flexibility index (Phi) is 6.37. The molecule has 1 aromatic carbocycles. The van der Waals surface area contributed by atoms with Gasteiger partial charge in [-0.05, 0) is 31.7 Å². The highest BCUT2D eigenvalue weighted by molar-refractivity contribution is 7.21. The summed E-state index contributed by atoms with van der Waals surface area (Å²) in [4.78, 5) is 41.2. The Morgan fingerprint density at radius 2 is 2.03 bits per heavy atom. The van der Waals surface area contributed by atoms with Gasteiger partial charge >= 0.3 is 0 Å². The summed E-state index contributed by atoms with van der Waals surface area (Å²) in [5.41, 5.74) is 0.362. The number of hydrogen-bond donors (Lipinski definition) is 0. The fourth-order valence-corrected chi connectivity index (χ4v) is 5.29. The zero-order valence-corrected chi connectivity index (χ0v) is 19.7. The van der Waals surface area contributed by atoms with E-state index < -0.39 is 18.5 Å². The number of ketones is 1. The lowest BCUT2D eigenvalue weighted by Crippen LogP contribution is -2.36.